The largest absolute Gasteiger partial charge is 4.00 e. The van der Waals surface area contributed by atoms with Crippen molar-refractivity contribution in [2.24, 2.45) is 0 Å². The fourth-order valence-corrected chi connectivity index (χ4v) is 5.05. The van der Waals surface area contributed by atoms with Gasteiger partial charge in [0.25, 0.3) is 0 Å². The number of hydrogen-bond acceptors (Lipinski definition) is 0. The summed E-state index contributed by atoms with van der Waals surface area (Å²) in [7, 11) is 1.08. The van der Waals surface area contributed by atoms with Gasteiger partial charge in [0.15, 0.2) is 0 Å². The minimum atomic E-state index is 0. The van der Waals surface area contributed by atoms with Crippen molar-refractivity contribution in [3.05, 3.63) is 81.9 Å². The Morgan fingerprint density at radius 3 is 1.16 bits per heavy atom. The number of aryl methyl sites for hydroxylation is 6. The number of fused-ring (bicyclic) bond motifs is 2. The summed E-state index contributed by atoms with van der Waals surface area (Å²) in [6, 6.07) is 18.8. The third kappa shape index (κ3) is 11.8. The molecule has 0 heterocycles. The van der Waals surface area contributed by atoms with E-state index in [1.807, 2.05) is 0 Å². The normalized spacial score (nSPS) is 9.89. The van der Waals surface area contributed by atoms with Crippen LogP contribution in [0.15, 0.2) is 48.5 Å². The second kappa shape index (κ2) is 21.1. The number of benzene rings is 2. The van der Waals surface area contributed by atoms with Gasteiger partial charge in [0.2, 0.25) is 0 Å². The Morgan fingerprint density at radius 2 is 0.868 bits per heavy atom. The zero-order chi connectivity index (χ0) is 25.8. The Morgan fingerprint density at radius 1 is 0.553 bits per heavy atom. The molecule has 0 aliphatic carbocycles. The second-order valence-electron chi connectivity index (χ2n) is 10.1. The van der Waals surface area contributed by atoms with Gasteiger partial charge in [0, 0.05) is 9.52 Å². The molecular formula is C34H48Cl2HfSi. The number of halogens is 2. The van der Waals surface area contributed by atoms with E-state index in [0.717, 1.165) is 9.52 Å². The molecule has 0 bridgehead atoms. The van der Waals surface area contributed by atoms with Crippen molar-refractivity contribution in [1.82, 2.24) is 0 Å². The smallest absolute Gasteiger partial charge is 1.00 e. The van der Waals surface area contributed by atoms with Crippen molar-refractivity contribution in [2.45, 2.75) is 106 Å². The predicted molar refractivity (Wildman–Crippen MR) is 162 cm³/mol. The number of hydrogen-bond donors (Lipinski definition) is 0. The molecule has 38 heavy (non-hydrogen) atoms. The van der Waals surface area contributed by atoms with Crippen LogP contribution in [-0.4, -0.2) is 9.52 Å². The van der Waals surface area contributed by atoms with Gasteiger partial charge in [-0.2, -0.15) is 12.1 Å². The maximum atomic E-state index is 2.41. The molecule has 0 aliphatic heterocycles. The van der Waals surface area contributed by atoms with Crippen LogP contribution in [0, 0.1) is 13.8 Å². The summed E-state index contributed by atoms with van der Waals surface area (Å²) in [6.07, 6.45) is 9.75. The molecule has 4 rings (SSSR count). The van der Waals surface area contributed by atoms with Crippen LogP contribution in [0.2, 0.25) is 13.1 Å². The molecule has 0 nitrogen and oxygen atoms in total. The Bertz CT molecular complexity index is 1080. The topological polar surface area (TPSA) is 0 Å². The Balaban J connectivity index is 0. The molecule has 4 aromatic carbocycles. The van der Waals surface area contributed by atoms with Gasteiger partial charge in [-0.3, -0.25) is 0 Å². The zero-order valence-electron chi connectivity index (χ0n) is 25.0. The summed E-state index contributed by atoms with van der Waals surface area (Å²) in [5, 5.41) is 5.82. The molecular weight excluding hydrogens is 686 g/mol. The average molecular weight is 734 g/mol. The van der Waals surface area contributed by atoms with Crippen LogP contribution in [0.1, 0.15) is 86.8 Å². The van der Waals surface area contributed by atoms with Crippen molar-refractivity contribution in [1.29, 1.82) is 0 Å². The van der Waals surface area contributed by atoms with Crippen LogP contribution in [0.25, 0.3) is 21.5 Å². The van der Waals surface area contributed by atoms with E-state index in [1.54, 1.807) is 0 Å². The van der Waals surface area contributed by atoms with Crippen LogP contribution in [-0.2, 0) is 51.5 Å². The first-order chi connectivity index (χ1) is 16.9. The first kappa shape index (κ1) is 39.5. The summed E-state index contributed by atoms with van der Waals surface area (Å²) in [5.74, 6) is 0. The molecule has 4 aromatic rings. The van der Waals surface area contributed by atoms with Gasteiger partial charge >= 0.3 is 25.8 Å². The molecule has 0 aromatic heterocycles. The van der Waals surface area contributed by atoms with Crippen molar-refractivity contribution in [2.75, 3.05) is 0 Å². The standard InChI is InChI=1S/2C16H21.C2H6Si.2ClH.Hf/c2*1-4-6-13-10-14(7-5-2)16-9-12(3)8-15(16)11-13;1-3-2;;;/h2*8-11H,4-7H2,1-3H3;1-2H3;2*1H;/q2*-1;;;;+4/p-2. The molecule has 0 unspecified atom stereocenters. The molecule has 0 amide bonds. The average Bonchev–Trinajstić information content (AvgIpc) is 3.37. The molecule has 4 heteroatoms. The minimum Gasteiger partial charge on any atom is -1.00 e. The fraction of sp³-hybridized carbons (Fsp3) is 0.471. The fourth-order valence-electron chi connectivity index (χ4n) is 5.05. The molecule has 2 radical (unpaired) electrons. The summed E-state index contributed by atoms with van der Waals surface area (Å²) in [5.41, 5.74) is 8.86. The molecule has 0 saturated heterocycles. The van der Waals surface area contributed by atoms with Gasteiger partial charge in [0.05, 0.1) is 0 Å². The van der Waals surface area contributed by atoms with Crippen LogP contribution >= 0.6 is 0 Å². The third-order valence-corrected chi connectivity index (χ3v) is 6.34. The van der Waals surface area contributed by atoms with Gasteiger partial charge < -0.3 is 24.8 Å². The van der Waals surface area contributed by atoms with E-state index in [4.69, 9.17) is 0 Å². The van der Waals surface area contributed by atoms with Crippen molar-refractivity contribution in [3.8, 4) is 0 Å². The van der Waals surface area contributed by atoms with Crippen LogP contribution in [0.4, 0.5) is 0 Å². The summed E-state index contributed by atoms with van der Waals surface area (Å²) in [6.45, 7) is 17.7. The van der Waals surface area contributed by atoms with E-state index < -0.39 is 0 Å². The van der Waals surface area contributed by atoms with Gasteiger partial charge in [0.1, 0.15) is 0 Å². The molecule has 0 N–H and O–H groups in total. The monoisotopic (exact) mass is 734 g/mol. The van der Waals surface area contributed by atoms with Crippen molar-refractivity contribution < 1.29 is 50.7 Å². The SMILES string of the molecule is CCCc1cc(CCC)c2cc(C)[cH-]c2c1.CCCc1cc(CCC)c2cc(C)[cH-]c2c1.C[Si]C.[Cl-].[Cl-].[Hf+4]. The van der Waals surface area contributed by atoms with Crippen LogP contribution in [0.3, 0.4) is 0 Å². The summed E-state index contributed by atoms with van der Waals surface area (Å²) < 4.78 is 0. The van der Waals surface area contributed by atoms with E-state index in [0.29, 0.717) is 0 Å². The summed E-state index contributed by atoms with van der Waals surface area (Å²) >= 11 is 0. The summed E-state index contributed by atoms with van der Waals surface area (Å²) in [4.78, 5) is 0. The zero-order valence-corrected chi connectivity index (χ0v) is 31.1. The first-order valence-electron chi connectivity index (χ1n) is 13.9. The van der Waals surface area contributed by atoms with Gasteiger partial charge in [-0.15, -0.1) is 56.9 Å². The second-order valence-corrected chi connectivity index (χ2v) is 11.1. The maximum absolute atomic E-state index is 2.41. The van der Waals surface area contributed by atoms with E-state index in [9.17, 15) is 0 Å². The molecule has 0 fully saturated rings. The van der Waals surface area contributed by atoms with E-state index in [1.165, 1.54) is 106 Å². The van der Waals surface area contributed by atoms with Crippen molar-refractivity contribution in [3.63, 3.8) is 0 Å². The van der Waals surface area contributed by atoms with E-state index in [2.05, 4.69) is 103 Å². The van der Waals surface area contributed by atoms with Crippen molar-refractivity contribution >= 4 is 31.1 Å². The van der Waals surface area contributed by atoms with E-state index in [-0.39, 0.29) is 50.7 Å². The third-order valence-electron chi connectivity index (χ3n) is 6.34. The maximum Gasteiger partial charge on any atom is 4.00 e. The minimum absolute atomic E-state index is 0. The first-order valence-corrected chi connectivity index (χ1v) is 15.9. The van der Waals surface area contributed by atoms with E-state index >= 15 is 0 Å². The molecule has 0 atom stereocenters. The Hall–Kier alpha value is -0.673. The predicted octanol–water partition coefficient (Wildman–Crippen LogP) is 4.34. The number of rotatable bonds is 8. The Labute approximate surface area is 267 Å². The molecule has 0 saturated carbocycles. The molecule has 206 valence electrons. The van der Waals surface area contributed by atoms with Crippen LogP contribution in [0.5, 0.6) is 0 Å². The Kier molecular flexibility index (Phi) is 21.9. The van der Waals surface area contributed by atoms with Gasteiger partial charge in [-0.05, 0) is 25.7 Å². The quantitative estimate of drug-likeness (QED) is 0.187. The van der Waals surface area contributed by atoms with Gasteiger partial charge in [-0.25, -0.2) is 0 Å². The van der Waals surface area contributed by atoms with Crippen LogP contribution < -0.4 is 24.8 Å². The molecule has 0 spiro atoms. The van der Waals surface area contributed by atoms with Gasteiger partial charge in [-0.1, -0.05) is 115 Å². The molecule has 0 aliphatic rings.